The van der Waals surface area contributed by atoms with Crippen LogP contribution in [0.4, 0.5) is 5.69 Å². The maximum atomic E-state index is 5.02. The number of ether oxygens (including phenoxy) is 1. The minimum atomic E-state index is 0.591. The van der Waals surface area contributed by atoms with Crippen molar-refractivity contribution >= 4 is 11.4 Å². The van der Waals surface area contributed by atoms with Gasteiger partial charge in [-0.15, -0.1) is 0 Å². The first-order valence-electron chi connectivity index (χ1n) is 4.74. The fraction of sp³-hybridized carbons (Fsp3) is 0.417. The second-order valence-corrected chi connectivity index (χ2v) is 3.52. The Morgan fingerprint density at radius 2 is 1.86 bits per heavy atom. The van der Waals surface area contributed by atoms with Crippen molar-refractivity contribution in [2.24, 2.45) is 4.99 Å². The van der Waals surface area contributed by atoms with Crippen LogP contribution in [0.5, 0.6) is 0 Å². The molecule has 0 N–H and O–H groups in total. The molecule has 0 saturated carbocycles. The Hall–Kier alpha value is -1.15. The maximum Gasteiger partial charge on any atom is 0.0842 e. The molecule has 14 heavy (non-hydrogen) atoms. The Kier molecular flexibility index (Phi) is 3.84. The topological polar surface area (TPSA) is 21.6 Å². The van der Waals surface area contributed by atoms with E-state index >= 15 is 0 Å². The van der Waals surface area contributed by atoms with Gasteiger partial charge >= 0.3 is 0 Å². The molecule has 0 aromatic heterocycles. The summed E-state index contributed by atoms with van der Waals surface area (Å²) in [5.74, 6) is 0. The lowest BCUT2D eigenvalue weighted by Crippen LogP contribution is -2.01. The second kappa shape index (κ2) is 4.91. The van der Waals surface area contributed by atoms with E-state index < -0.39 is 0 Å². The van der Waals surface area contributed by atoms with Gasteiger partial charge in [0.05, 0.1) is 12.3 Å². The van der Waals surface area contributed by atoms with E-state index in [9.17, 15) is 0 Å². The van der Waals surface area contributed by atoms with Crippen molar-refractivity contribution in [3.63, 3.8) is 0 Å². The molecule has 0 aliphatic heterocycles. The number of hydrogen-bond acceptors (Lipinski definition) is 2. The van der Waals surface area contributed by atoms with Crippen molar-refractivity contribution in [1.82, 2.24) is 0 Å². The third-order valence-electron chi connectivity index (χ3n) is 2.10. The summed E-state index contributed by atoms with van der Waals surface area (Å²) in [5.41, 5.74) is 4.49. The fourth-order valence-electron chi connectivity index (χ4n) is 1.41. The predicted octanol–water partition coefficient (Wildman–Crippen LogP) is 3.04. The smallest absolute Gasteiger partial charge is 0.0842 e. The van der Waals surface area contributed by atoms with Crippen LogP contribution in [0.1, 0.15) is 18.1 Å². The molecule has 1 aromatic rings. The Balaban J connectivity index is 3.01. The Morgan fingerprint density at radius 1 is 1.29 bits per heavy atom. The van der Waals surface area contributed by atoms with Crippen molar-refractivity contribution in [3.05, 3.63) is 29.3 Å². The number of hydrogen-bond donors (Lipinski definition) is 0. The van der Waals surface area contributed by atoms with E-state index in [4.69, 9.17) is 4.74 Å². The molecule has 0 radical (unpaired) electrons. The number of aliphatic imine (C=N–C) groups is 1. The van der Waals surface area contributed by atoms with Gasteiger partial charge < -0.3 is 4.74 Å². The molecule has 0 saturated heterocycles. The van der Waals surface area contributed by atoms with Crippen LogP contribution in [0.25, 0.3) is 0 Å². The number of nitrogens with zero attached hydrogens (tertiary/aromatic N) is 1. The highest BCUT2D eigenvalue weighted by Gasteiger charge is 2.00. The molecule has 0 spiro atoms. The summed E-state index contributed by atoms with van der Waals surface area (Å²) in [5, 5.41) is 0. The van der Waals surface area contributed by atoms with E-state index in [1.165, 1.54) is 11.1 Å². The van der Waals surface area contributed by atoms with Crippen LogP contribution in [0.2, 0.25) is 0 Å². The van der Waals surface area contributed by atoms with Crippen molar-refractivity contribution in [2.45, 2.75) is 20.8 Å². The summed E-state index contributed by atoms with van der Waals surface area (Å²) in [4.78, 5) is 4.54. The summed E-state index contributed by atoms with van der Waals surface area (Å²) in [6.07, 6.45) is 0. The van der Waals surface area contributed by atoms with Crippen molar-refractivity contribution in [3.8, 4) is 0 Å². The molecule has 76 valence electrons. The van der Waals surface area contributed by atoms with Crippen LogP contribution >= 0.6 is 0 Å². The minimum Gasteiger partial charge on any atom is -0.379 e. The zero-order valence-electron chi connectivity index (χ0n) is 9.29. The predicted molar refractivity (Wildman–Crippen MR) is 60.6 cm³/mol. The molecule has 0 heterocycles. The van der Waals surface area contributed by atoms with Gasteiger partial charge in [-0.1, -0.05) is 18.2 Å². The Morgan fingerprint density at radius 3 is 2.36 bits per heavy atom. The van der Waals surface area contributed by atoms with Gasteiger partial charge in [-0.2, -0.15) is 0 Å². The fourth-order valence-corrected chi connectivity index (χ4v) is 1.41. The summed E-state index contributed by atoms with van der Waals surface area (Å²) in [6.45, 7) is 6.72. The quantitative estimate of drug-likeness (QED) is 0.673. The van der Waals surface area contributed by atoms with Gasteiger partial charge in [-0.05, 0) is 31.9 Å². The molecule has 0 fully saturated rings. The molecule has 0 amide bonds. The average molecular weight is 191 g/mol. The Labute approximate surface area is 85.6 Å². The number of rotatable bonds is 3. The van der Waals surface area contributed by atoms with Crippen LogP contribution in [0.15, 0.2) is 23.2 Å². The normalized spacial score (nSPS) is 11.9. The summed E-state index contributed by atoms with van der Waals surface area (Å²) in [7, 11) is 1.68. The highest BCUT2D eigenvalue weighted by molar-refractivity contribution is 5.86. The highest BCUT2D eigenvalue weighted by Crippen LogP contribution is 2.22. The number of methoxy groups -OCH3 is 1. The van der Waals surface area contributed by atoms with Gasteiger partial charge in [0, 0.05) is 12.8 Å². The SMILES string of the molecule is COC/C(C)=N/c1c(C)cccc1C. The molecule has 0 atom stereocenters. The molecule has 0 aliphatic rings. The molecule has 2 nitrogen and oxygen atoms in total. The van der Waals surface area contributed by atoms with Gasteiger partial charge in [-0.3, -0.25) is 4.99 Å². The van der Waals surface area contributed by atoms with Crippen LogP contribution < -0.4 is 0 Å². The van der Waals surface area contributed by atoms with Gasteiger partial charge in [0.25, 0.3) is 0 Å². The summed E-state index contributed by atoms with van der Waals surface area (Å²) >= 11 is 0. The molecular weight excluding hydrogens is 174 g/mol. The van der Waals surface area contributed by atoms with E-state index in [0.29, 0.717) is 6.61 Å². The molecule has 1 rings (SSSR count). The van der Waals surface area contributed by atoms with Crippen LogP contribution in [-0.4, -0.2) is 19.4 Å². The first kappa shape index (κ1) is 10.9. The molecular formula is C12H17NO. The zero-order chi connectivity index (χ0) is 10.6. The first-order valence-corrected chi connectivity index (χ1v) is 4.74. The third-order valence-corrected chi connectivity index (χ3v) is 2.10. The van der Waals surface area contributed by atoms with Gasteiger partial charge in [0.1, 0.15) is 0 Å². The van der Waals surface area contributed by atoms with Crippen molar-refractivity contribution < 1.29 is 4.74 Å². The average Bonchev–Trinajstić information content (AvgIpc) is 2.12. The lowest BCUT2D eigenvalue weighted by Gasteiger charge is -2.05. The highest BCUT2D eigenvalue weighted by atomic mass is 16.5. The second-order valence-electron chi connectivity index (χ2n) is 3.52. The number of aryl methyl sites for hydroxylation is 2. The number of para-hydroxylation sites is 1. The zero-order valence-corrected chi connectivity index (χ0v) is 9.29. The van der Waals surface area contributed by atoms with Crippen LogP contribution in [0.3, 0.4) is 0 Å². The van der Waals surface area contributed by atoms with E-state index in [0.717, 1.165) is 11.4 Å². The van der Waals surface area contributed by atoms with E-state index in [1.807, 2.05) is 6.92 Å². The minimum absolute atomic E-state index is 0.591. The van der Waals surface area contributed by atoms with Gasteiger partial charge in [0.2, 0.25) is 0 Å². The standard InChI is InChI=1S/C12H17NO/c1-9-6-5-7-10(2)12(9)13-11(3)8-14-4/h5-7H,8H2,1-4H3/b13-11+. The van der Waals surface area contributed by atoms with Crippen LogP contribution in [-0.2, 0) is 4.74 Å². The lowest BCUT2D eigenvalue weighted by atomic mass is 10.1. The van der Waals surface area contributed by atoms with Crippen molar-refractivity contribution in [2.75, 3.05) is 13.7 Å². The summed E-state index contributed by atoms with van der Waals surface area (Å²) < 4.78 is 5.02. The monoisotopic (exact) mass is 191 g/mol. The van der Waals surface area contributed by atoms with Crippen LogP contribution in [0, 0.1) is 13.8 Å². The van der Waals surface area contributed by atoms with E-state index in [2.05, 4.69) is 37.0 Å². The van der Waals surface area contributed by atoms with E-state index in [1.54, 1.807) is 7.11 Å². The molecule has 0 aliphatic carbocycles. The summed E-state index contributed by atoms with van der Waals surface area (Å²) in [6, 6.07) is 6.20. The van der Waals surface area contributed by atoms with Crippen molar-refractivity contribution in [1.29, 1.82) is 0 Å². The van der Waals surface area contributed by atoms with E-state index in [-0.39, 0.29) is 0 Å². The molecule has 2 heteroatoms. The third kappa shape index (κ3) is 2.67. The number of benzene rings is 1. The van der Waals surface area contributed by atoms with Gasteiger partial charge in [-0.25, -0.2) is 0 Å². The maximum absolute atomic E-state index is 5.02. The molecule has 0 bridgehead atoms. The first-order chi connectivity index (χ1) is 6.65. The van der Waals surface area contributed by atoms with Gasteiger partial charge in [0.15, 0.2) is 0 Å². The lowest BCUT2D eigenvalue weighted by molar-refractivity contribution is 0.245. The largest absolute Gasteiger partial charge is 0.379 e. The Bertz CT molecular complexity index is 322. The molecule has 1 aromatic carbocycles. The molecule has 0 unspecified atom stereocenters.